The molecule has 0 aliphatic carbocycles. The molecule has 7 heteroatoms. The molecular weight excluding hydrogens is 443 g/mol. The van der Waals surface area contributed by atoms with Gasteiger partial charge in [0, 0.05) is 48.0 Å². The molecule has 0 atom stereocenters. The van der Waals surface area contributed by atoms with Crippen LogP contribution in [0.15, 0.2) is 54.9 Å². The van der Waals surface area contributed by atoms with Gasteiger partial charge in [0.25, 0.3) is 0 Å². The number of rotatable bonds is 7. The van der Waals surface area contributed by atoms with E-state index >= 15 is 0 Å². The van der Waals surface area contributed by atoms with Crippen molar-refractivity contribution < 1.29 is 4.79 Å². The summed E-state index contributed by atoms with van der Waals surface area (Å²) < 4.78 is 2.11. The SMILES string of the molecule is Cc1nccn1Cc1cccc(CNC(=O)C2CCN(Cc3ccc(Cl)cc3Cl)CC2)c1. The first-order valence-electron chi connectivity index (χ1n) is 11.0. The van der Waals surface area contributed by atoms with Crippen LogP contribution in [0.4, 0.5) is 0 Å². The van der Waals surface area contributed by atoms with E-state index in [1.165, 1.54) is 5.56 Å². The summed E-state index contributed by atoms with van der Waals surface area (Å²) in [6, 6.07) is 14.0. The number of hydrogen-bond donors (Lipinski definition) is 1. The molecule has 1 N–H and O–H groups in total. The van der Waals surface area contributed by atoms with Crippen LogP contribution in [0.25, 0.3) is 0 Å². The van der Waals surface area contributed by atoms with Crippen molar-refractivity contribution in [3.63, 3.8) is 0 Å². The zero-order valence-electron chi connectivity index (χ0n) is 18.2. The Morgan fingerprint density at radius 2 is 1.88 bits per heavy atom. The van der Waals surface area contributed by atoms with Crippen molar-refractivity contribution >= 4 is 29.1 Å². The van der Waals surface area contributed by atoms with E-state index in [1.807, 2.05) is 37.5 Å². The summed E-state index contributed by atoms with van der Waals surface area (Å²) in [7, 11) is 0. The summed E-state index contributed by atoms with van der Waals surface area (Å²) in [5.41, 5.74) is 3.39. The van der Waals surface area contributed by atoms with E-state index in [1.54, 1.807) is 6.07 Å². The fourth-order valence-electron chi connectivity index (χ4n) is 4.18. The number of imidazole rings is 1. The Bertz CT molecular complexity index is 1070. The highest BCUT2D eigenvalue weighted by Gasteiger charge is 2.25. The third-order valence-corrected chi connectivity index (χ3v) is 6.69. The number of amides is 1. The van der Waals surface area contributed by atoms with Crippen molar-refractivity contribution in [1.29, 1.82) is 0 Å². The van der Waals surface area contributed by atoms with Crippen molar-refractivity contribution in [2.24, 2.45) is 5.92 Å². The average Bonchev–Trinajstić information content (AvgIpc) is 3.19. The van der Waals surface area contributed by atoms with Crippen molar-refractivity contribution in [3.05, 3.63) is 87.4 Å². The number of benzene rings is 2. The van der Waals surface area contributed by atoms with Crippen molar-refractivity contribution in [1.82, 2.24) is 19.8 Å². The third kappa shape index (κ3) is 5.91. The molecule has 1 amide bonds. The minimum Gasteiger partial charge on any atom is -0.352 e. The average molecular weight is 471 g/mol. The van der Waals surface area contributed by atoms with E-state index in [4.69, 9.17) is 23.2 Å². The second kappa shape index (κ2) is 10.5. The van der Waals surface area contributed by atoms with Crippen LogP contribution in [0.2, 0.25) is 10.0 Å². The van der Waals surface area contributed by atoms with Crippen LogP contribution >= 0.6 is 23.2 Å². The van der Waals surface area contributed by atoms with E-state index in [-0.39, 0.29) is 11.8 Å². The van der Waals surface area contributed by atoms with E-state index in [0.29, 0.717) is 16.6 Å². The summed E-state index contributed by atoms with van der Waals surface area (Å²) >= 11 is 12.3. The van der Waals surface area contributed by atoms with Crippen molar-refractivity contribution in [2.75, 3.05) is 13.1 Å². The maximum atomic E-state index is 12.7. The summed E-state index contributed by atoms with van der Waals surface area (Å²) in [6.45, 7) is 5.89. The number of likely N-dealkylation sites (tertiary alicyclic amines) is 1. The van der Waals surface area contributed by atoms with Gasteiger partial charge in [-0.15, -0.1) is 0 Å². The first-order valence-corrected chi connectivity index (χ1v) is 11.7. The van der Waals surface area contributed by atoms with Gasteiger partial charge in [-0.05, 0) is 61.7 Å². The maximum Gasteiger partial charge on any atom is 0.223 e. The lowest BCUT2D eigenvalue weighted by atomic mass is 9.95. The Morgan fingerprint density at radius 1 is 1.09 bits per heavy atom. The minimum atomic E-state index is 0.0590. The van der Waals surface area contributed by atoms with Crippen LogP contribution in [0, 0.1) is 12.8 Å². The largest absolute Gasteiger partial charge is 0.352 e. The molecule has 1 saturated heterocycles. The van der Waals surface area contributed by atoms with Crippen molar-refractivity contribution in [3.8, 4) is 0 Å². The van der Waals surface area contributed by atoms with Crippen molar-refractivity contribution in [2.45, 2.75) is 39.4 Å². The Hall–Kier alpha value is -2.34. The molecule has 168 valence electrons. The van der Waals surface area contributed by atoms with E-state index in [9.17, 15) is 4.79 Å². The predicted octanol–water partition coefficient (Wildman–Crippen LogP) is 5.08. The molecule has 0 saturated carbocycles. The van der Waals surface area contributed by atoms with Gasteiger partial charge in [0.05, 0.1) is 0 Å². The van der Waals surface area contributed by atoms with Crippen LogP contribution in [-0.4, -0.2) is 33.4 Å². The van der Waals surface area contributed by atoms with Gasteiger partial charge in [-0.2, -0.15) is 0 Å². The molecule has 1 aromatic heterocycles. The van der Waals surface area contributed by atoms with Crippen LogP contribution in [-0.2, 0) is 24.4 Å². The lowest BCUT2D eigenvalue weighted by Gasteiger charge is -2.31. The first kappa shape index (κ1) is 22.8. The summed E-state index contributed by atoms with van der Waals surface area (Å²) in [5.74, 6) is 1.20. The lowest BCUT2D eigenvalue weighted by molar-refractivity contribution is -0.126. The lowest BCUT2D eigenvalue weighted by Crippen LogP contribution is -2.40. The smallest absolute Gasteiger partial charge is 0.223 e. The number of aromatic nitrogens is 2. The number of hydrogen-bond acceptors (Lipinski definition) is 3. The molecule has 3 aromatic rings. The standard InChI is InChI=1S/C25H28Cl2N4O/c1-18-28-9-12-31(18)16-20-4-2-3-19(13-20)15-29-25(32)21-7-10-30(11-8-21)17-22-5-6-23(26)14-24(22)27/h2-6,9,12-14,21H,7-8,10-11,15-17H2,1H3,(H,29,32). The van der Waals surface area contributed by atoms with Gasteiger partial charge >= 0.3 is 0 Å². The number of aryl methyl sites for hydroxylation is 1. The molecule has 1 fully saturated rings. The molecule has 0 unspecified atom stereocenters. The van der Waals surface area contributed by atoms with Gasteiger partial charge in [-0.25, -0.2) is 4.98 Å². The Balaban J connectivity index is 1.25. The number of carbonyl (C=O) groups excluding carboxylic acids is 1. The number of carbonyl (C=O) groups is 1. The quantitative estimate of drug-likeness (QED) is 0.523. The molecule has 0 spiro atoms. The van der Waals surface area contributed by atoms with E-state index in [0.717, 1.165) is 56.0 Å². The highest BCUT2D eigenvalue weighted by Crippen LogP contribution is 2.25. The predicted molar refractivity (Wildman–Crippen MR) is 129 cm³/mol. The Kier molecular flexibility index (Phi) is 7.51. The Morgan fingerprint density at radius 3 is 2.59 bits per heavy atom. The molecule has 2 aromatic carbocycles. The van der Waals surface area contributed by atoms with Gasteiger partial charge < -0.3 is 9.88 Å². The molecule has 1 aliphatic rings. The summed E-state index contributed by atoms with van der Waals surface area (Å²) in [5, 5.41) is 4.48. The fraction of sp³-hybridized carbons (Fsp3) is 0.360. The van der Waals surface area contributed by atoms with Crippen LogP contribution in [0.5, 0.6) is 0 Å². The number of halogens is 2. The number of piperidine rings is 1. The number of nitrogens with zero attached hydrogens (tertiary/aromatic N) is 3. The minimum absolute atomic E-state index is 0.0590. The van der Waals surface area contributed by atoms with Gasteiger partial charge in [0.1, 0.15) is 5.82 Å². The zero-order chi connectivity index (χ0) is 22.5. The molecule has 5 nitrogen and oxygen atoms in total. The van der Waals surface area contributed by atoms with Gasteiger partial charge in [0.2, 0.25) is 5.91 Å². The van der Waals surface area contributed by atoms with Gasteiger partial charge in [-0.3, -0.25) is 9.69 Å². The molecule has 0 bridgehead atoms. The second-order valence-corrected chi connectivity index (χ2v) is 9.27. The van der Waals surface area contributed by atoms with Crippen LogP contribution in [0.1, 0.15) is 35.4 Å². The van der Waals surface area contributed by atoms with Crippen LogP contribution in [0.3, 0.4) is 0 Å². The molecule has 32 heavy (non-hydrogen) atoms. The maximum absolute atomic E-state index is 12.7. The molecule has 0 radical (unpaired) electrons. The second-order valence-electron chi connectivity index (χ2n) is 8.43. The normalized spacial score (nSPS) is 15.1. The van der Waals surface area contributed by atoms with Gasteiger partial charge in [0.15, 0.2) is 0 Å². The zero-order valence-corrected chi connectivity index (χ0v) is 19.7. The third-order valence-electron chi connectivity index (χ3n) is 6.10. The van der Waals surface area contributed by atoms with Gasteiger partial charge in [-0.1, -0.05) is 53.5 Å². The highest BCUT2D eigenvalue weighted by atomic mass is 35.5. The molecule has 2 heterocycles. The topological polar surface area (TPSA) is 50.2 Å². The van der Waals surface area contributed by atoms with E-state index in [2.05, 4.69) is 38.0 Å². The molecular formula is C25H28Cl2N4O. The monoisotopic (exact) mass is 470 g/mol. The fourth-order valence-corrected chi connectivity index (χ4v) is 4.65. The summed E-state index contributed by atoms with van der Waals surface area (Å²) in [6.07, 6.45) is 5.51. The Labute approximate surface area is 199 Å². The molecule has 4 rings (SSSR count). The first-order chi connectivity index (χ1) is 15.5. The highest BCUT2D eigenvalue weighted by molar-refractivity contribution is 6.35. The number of nitrogens with one attached hydrogen (secondary N) is 1. The summed E-state index contributed by atoms with van der Waals surface area (Å²) in [4.78, 5) is 19.4. The van der Waals surface area contributed by atoms with Crippen LogP contribution < -0.4 is 5.32 Å². The van der Waals surface area contributed by atoms with E-state index < -0.39 is 0 Å². The molecule has 1 aliphatic heterocycles.